The fourth-order valence-electron chi connectivity index (χ4n) is 4.66. The Kier molecular flexibility index (Phi) is 3.48. The van der Waals surface area contributed by atoms with Gasteiger partial charge in [-0.25, -0.2) is 15.0 Å². The first-order valence-corrected chi connectivity index (χ1v) is 10.1. The molecule has 0 bridgehead atoms. The van der Waals surface area contributed by atoms with Crippen LogP contribution >= 0.6 is 0 Å². The number of hydrogen-bond donors (Lipinski definition) is 0. The van der Waals surface area contributed by atoms with E-state index in [0.29, 0.717) is 0 Å². The third kappa shape index (κ3) is 2.31. The number of para-hydroxylation sites is 1. The Labute approximate surface area is 174 Å². The van der Waals surface area contributed by atoms with Gasteiger partial charge in [-0.3, -0.25) is 4.57 Å². The molecule has 6 rings (SSSR count). The lowest BCUT2D eigenvalue weighted by Gasteiger charge is -2.35. The molecule has 144 valence electrons. The summed E-state index contributed by atoms with van der Waals surface area (Å²) in [6.45, 7) is 4.61. The van der Waals surface area contributed by atoms with Gasteiger partial charge in [-0.05, 0) is 40.5 Å². The largest absolute Gasteiger partial charge is 0.292 e. The SMILES string of the molecule is CC1(C)c2cc(-c3ccccc3)ccc2-n2c(-c3cncnc3)nc3cccc1c32. The second kappa shape index (κ2) is 6.10. The zero-order valence-corrected chi connectivity index (χ0v) is 16.9. The normalized spacial score (nSPS) is 13.9. The first kappa shape index (κ1) is 17.1. The molecule has 0 aliphatic carbocycles. The Morgan fingerprint density at radius 2 is 1.53 bits per heavy atom. The smallest absolute Gasteiger partial charge is 0.148 e. The minimum Gasteiger partial charge on any atom is -0.292 e. The topological polar surface area (TPSA) is 43.6 Å². The molecule has 4 nitrogen and oxygen atoms in total. The predicted octanol–water partition coefficient (Wildman–Crippen LogP) is 5.79. The van der Waals surface area contributed by atoms with Crippen molar-refractivity contribution in [2.75, 3.05) is 0 Å². The number of hydrogen-bond acceptors (Lipinski definition) is 3. The molecule has 3 aromatic carbocycles. The fraction of sp³-hybridized carbons (Fsp3) is 0.115. The molecular formula is C26H20N4. The Bertz CT molecular complexity index is 1400. The zero-order valence-electron chi connectivity index (χ0n) is 16.9. The van der Waals surface area contributed by atoms with E-state index in [4.69, 9.17) is 4.98 Å². The third-order valence-corrected chi connectivity index (χ3v) is 6.19. The van der Waals surface area contributed by atoms with Crippen LogP contribution in [0.1, 0.15) is 25.0 Å². The van der Waals surface area contributed by atoms with E-state index in [0.717, 1.165) is 16.9 Å². The summed E-state index contributed by atoms with van der Waals surface area (Å²) in [6.07, 6.45) is 5.21. The van der Waals surface area contributed by atoms with E-state index in [9.17, 15) is 0 Å². The maximum atomic E-state index is 4.98. The summed E-state index contributed by atoms with van der Waals surface area (Å²) in [4.78, 5) is 13.4. The molecule has 0 spiro atoms. The second-order valence-corrected chi connectivity index (χ2v) is 8.29. The Balaban J connectivity index is 1.70. The van der Waals surface area contributed by atoms with Crippen molar-refractivity contribution in [2.24, 2.45) is 0 Å². The highest BCUT2D eigenvalue weighted by Crippen LogP contribution is 2.46. The van der Waals surface area contributed by atoms with Gasteiger partial charge in [0.1, 0.15) is 12.2 Å². The lowest BCUT2D eigenvalue weighted by molar-refractivity contribution is 0.629. The predicted molar refractivity (Wildman–Crippen MR) is 120 cm³/mol. The molecule has 1 aliphatic heterocycles. The molecule has 0 N–H and O–H groups in total. The van der Waals surface area contributed by atoms with Crippen molar-refractivity contribution < 1.29 is 0 Å². The molecular weight excluding hydrogens is 368 g/mol. The molecule has 0 saturated heterocycles. The molecule has 0 fully saturated rings. The number of aromatic nitrogens is 4. The van der Waals surface area contributed by atoms with Gasteiger partial charge in [-0.15, -0.1) is 0 Å². The van der Waals surface area contributed by atoms with Crippen molar-refractivity contribution in [3.05, 3.63) is 96.6 Å². The highest BCUT2D eigenvalue weighted by Gasteiger charge is 2.35. The minimum absolute atomic E-state index is 0.139. The summed E-state index contributed by atoms with van der Waals surface area (Å²) in [6, 6.07) is 23.7. The standard InChI is InChI=1S/C26H20N4/c1-26(2)20-9-6-10-22-24(20)30(25(29-22)19-14-27-16-28-15-19)23-12-11-18(13-21(23)26)17-7-4-3-5-8-17/h3-16H,1-2H3. The molecule has 0 radical (unpaired) electrons. The molecule has 0 atom stereocenters. The van der Waals surface area contributed by atoms with Crippen LogP contribution in [0.3, 0.4) is 0 Å². The van der Waals surface area contributed by atoms with Crippen LogP contribution in [0.2, 0.25) is 0 Å². The van der Waals surface area contributed by atoms with Crippen molar-refractivity contribution in [1.29, 1.82) is 0 Å². The summed E-state index contributed by atoms with van der Waals surface area (Å²) in [5.74, 6) is 0.877. The van der Waals surface area contributed by atoms with Gasteiger partial charge < -0.3 is 0 Å². The maximum Gasteiger partial charge on any atom is 0.148 e. The molecule has 0 amide bonds. The van der Waals surface area contributed by atoms with Crippen molar-refractivity contribution in [2.45, 2.75) is 19.3 Å². The quantitative estimate of drug-likeness (QED) is 0.384. The highest BCUT2D eigenvalue weighted by molar-refractivity contribution is 5.90. The molecule has 3 heterocycles. The third-order valence-electron chi connectivity index (χ3n) is 6.19. The molecule has 1 aliphatic rings. The van der Waals surface area contributed by atoms with Crippen LogP contribution in [-0.2, 0) is 5.41 Å². The van der Waals surface area contributed by atoms with E-state index in [1.807, 2.05) is 12.4 Å². The van der Waals surface area contributed by atoms with E-state index in [1.54, 1.807) is 6.33 Å². The molecule has 5 aromatic rings. The molecule has 0 unspecified atom stereocenters. The van der Waals surface area contributed by atoms with Gasteiger partial charge in [-0.1, -0.05) is 62.4 Å². The Hall–Kier alpha value is -3.79. The maximum absolute atomic E-state index is 4.98. The molecule has 4 heteroatoms. The average Bonchev–Trinajstić information content (AvgIpc) is 3.19. The monoisotopic (exact) mass is 388 g/mol. The number of rotatable bonds is 2. The number of fused-ring (bicyclic) bond motifs is 2. The Morgan fingerprint density at radius 3 is 2.33 bits per heavy atom. The van der Waals surface area contributed by atoms with Crippen molar-refractivity contribution >= 4 is 11.0 Å². The first-order chi connectivity index (χ1) is 14.6. The van der Waals surface area contributed by atoms with E-state index >= 15 is 0 Å². The first-order valence-electron chi connectivity index (χ1n) is 10.1. The number of benzene rings is 3. The van der Waals surface area contributed by atoms with Gasteiger partial charge >= 0.3 is 0 Å². The summed E-state index contributed by atoms with van der Waals surface area (Å²) in [5.41, 5.74) is 9.13. The Morgan fingerprint density at radius 1 is 0.733 bits per heavy atom. The average molecular weight is 388 g/mol. The lowest BCUT2D eigenvalue weighted by atomic mass is 9.74. The van der Waals surface area contributed by atoms with Crippen molar-refractivity contribution in [3.63, 3.8) is 0 Å². The number of nitrogens with zero attached hydrogens (tertiary/aromatic N) is 4. The highest BCUT2D eigenvalue weighted by atomic mass is 15.1. The van der Waals surface area contributed by atoms with Gasteiger partial charge in [0.15, 0.2) is 0 Å². The summed E-state index contributed by atoms with van der Waals surface area (Å²) in [7, 11) is 0. The van der Waals surface area contributed by atoms with E-state index in [2.05, 4.69) is 95.1 Å². The summed E-state index contributed by atoms with van der Waals surface area (Å²) in [5, 5.41) is 0. The van der Waals surface area contributed by atoms with Crippen LogP contribution < -0.4 is 0 Å². The van der Waals surface area contributed by atoms with Gasteiger partial charge in [0, 0.05) is 17.8 Å². The molecule has 30 heavy (non-hydrogen) atoms. The second-order valence-electron chi connectivity index (χ2n) is 8.29. The van der Waals surface area contributed by atoms with Crippen LogP contribution in [-0.4, -0.2) is 19.5 Å². The number of imidazole rings is 1. The van der Waals surface area contributed by atoms with Gasteiger partial charge in [-0.2, -0.15) is 0 Å². The van der Waals surface area contributed by atoms with Crippen LogP contribution in [0.4, 0.5) is 0 Å². The van der Waals surface area contributed by atoms with Gasteiger partial charge in [0.05, 0.1) is 22.3 Å². The van der Waals surface area contributed by atoms with Crippen LogP contribution in [0, 0.1) is 0 Å². The fourth-order valence-corrected chi connectivity index (χ4v) is 4.66. The van der Waals surface area contributed by atoms with Crippen molar-refractivity contribution in [3.8, 4) is 28.2 Å². The van der Waals surface area contributed by atoms with Crippen LogP contribution in [0.15, 0.2) is 85.5 Å². The van der Waals surface area contributed by atoms with E-state index in [1.165, 1.54) is 33.5 Å². The van der Waals surface area contributed by atoms with Gasteiger partial charge in [0.2, 0.25) is 0 Å². The van der Waals surface area contributed by atoms with E-state index in [-0.39, 0.29) is 5.41 Å². The van der Waals surface area contributed by atoms with Crippen LogP contribution in [0.25, 0.3) is 39.2 Å². The minimum atomic E-state index is -0.139. The zero-order chi connectivity index (χ0) is 20.3. The lowest BCUT2D eigenvalue weighted by Crippen LogP contribution is -2.26. The van der Waals surface area contributed by atoms with E-state index < -0.39 is 0 Å². The summed E-state index contributed by atoms with van der Waals surface area (Å²) < 4.78 is 2.28. The summed E-state index contributed by atoms with van der Waals surface area (Å²) >= 11 is 0. The van der Waals surface area contributed by atoms with Gasteiger partial charge in [0.25, 0.3) is 0 Å². The molecule has 2 aromatic heterocycles. The van der Waals surface area contributed by atoms with Crippen molar-refractivity contribution in [1.82, 2.24) is 19.5 Å². The molecule has 0 saturated carbocycles. The van der Waals surface area contributed by atoms with Crippen LogP contribution in [0.5, 0.6) is 0 Å².